The highest BCUT2D eigenvalue weighted by Crippen LogP contribution is 2.26. The molecule has 0 saturated carbocycles. The van der Waals surface area contributed by atoms with Gasteiger partial charge in [0.2, 0.25) is 11.8 Å². The van der Waals surface area contributed by atoms with Crippen LogP contribution in [0.15, 0.2) is 72.8 Å². The first-order valence-electron chi connectivity index (χ1n) is 11.6. The van der Waals surface area contributed by atoms with E-state index in [9.17, 15) is 14.0 Å². The number of nitrogens with zero attached hydrogens (tertiary/aromatic N) is 1. The highest BCUT2D eigenvalue weighted by atomic mass is 35.5. The van der Waals surface area contributed by atoms with Crippen LogP contribution in [-0.4, -0.2) is 28.8 Å². The minimum Gasteiger partial charge on any atom is -0.352 e. The van der Waals surface area contributed by atoms with Gasteiger partial charge in [0, 0.05) is 34.6 Å². The molecular weight excluding hydrogens is 486 g/mol. The molecule has 0 unspecified atom stereocenters. The molecule has 1 N–H and O–H groups in total. The smallest absolute Gasteiger partial charge is 0.243 e. The molecule has 0 radical (unpaired) electrons. The van der Waals surface area contributed by atoms with Gasteiger partial charge in [0.05, 0.1) is 6.42 Å². The van der Waals surface area contributed by atoms with Crippen molar-refractivity contribution in [3.05, 3.63) is 105 Å². The number of benzene rings is 3. The number of carbonyl (C=O) groups is 2. The molecule has 0 fully saturated rings. The average molecular weight is 515 g/mol. The molecule has 2 atom stereocenters. The number of hydrogen-bond acceptors (Lipinski definition) is 2. The Kier molecular flexibility index (Phi) is 9.70. The Bertz CT molecular complexity index is 1140. The lowest BCUT2D eigenvalue weighted by molar-refractivity contribution is -0.141. The first-order chi connectivity index (χ1) is 16.8. The van der Waals surface area contributed by atoms with Gasteiger partial charge in [0.25, 0.3) is 0 Å². The Morgan fingerprint density at radius 3 is 2.20 bits per heavy atom. The maximum absolute atomic E-state index is 14.6. The van der Waals surface area contributed by atoms with Crippen molar-refractivity contribution in [2.24, 2.45) is 0 Å². The van der Waals surface area contributed by atoms with Crippen LogP contribution in [-0.2, 0) is 29.0 Å². The van der Waals surface area contributed by atoms with E-state index in [0.717, 1.165) is 12.0 Å². The number of nitrogens with one attached hydrogen (secondary N) is 1. The molecule has 0 aromatic heterocycles. The Morgan fingerprint density at radius 2 is 1.57 bits per heavy atom. The van der Waals surface area contributed by atoms with E-state index in [0.29, 0.717) is 21.2 Å². The van der Waals surface area contributed by atoms with Gasteiger partial charge in [-0.3, -0.25) is 9.59 Å². The minimum atomic E-state index is -0.861. The third-order valence-electron chi connectivity index (χ3n) is 5.96. The maximum atomic E-state index is 14.6. The van der Waals surface area contributed by atoms with Crippen molar-refractivity contribution in [1.82, 2.24) is 10.2 Å². The van der Waals surface area contributed by atoms with E-state index in [4.69, 9.17) is 23.2 Å². The number of carbonyl (C=O) groups excluding carboxylic acids is 2. The number of rotatable bonds is 10. The predicted octanol–water partition coefficient (Wildman–Crippen LogP) is 6.23. The molecule has 0 aliphatic heterocycles. The molecule has 0 heterocycles. The summed E-state index contributed by atoms with van der Waals surface area (Å²) in [6, 6.07) is 19.8. The van der Waals surface area contributed by atoms with E-state index in [1.165, 1.54) is 11.0 Å². The fraction of sp³-hybridized carbons (Fsp3) is 0.286. The van der Waals surface area contributed by atoms with Crippen molar-refractivity contribution in [1.29, 1.82) is 0 Å². The normalized spacial score (nSPS) is 12.6. The SMILES string of the molecule is CC[C@@H](C)NC(=O)[C@@H](Cc1ccccc1)N(Cc1ccccc1F)C(=O)Cc1c(Cl)cccc1Cl. The third-order valence-corrected chi connectivity index (χ3v) is 6.67. The zero-order chi connectivity index (χ0) is 25.4. The van der Waals surface area contributed by atoms with Crippen LogP contribution in [0, 0.1) is 5.82 Å². The number of hydrogen-bond donors (Lipinski definition) is 1. The largest absolute Gasteiger partial charge is 0.352 e. The van der Waals surface area contributed by atoms with Crippen molar-refractivity contribution in [3.63, 3.8) is 0 Å². The zero-order valence-electron chi connectivity index (χ0n) is 19.8. The quantitative estimate of drug-likeness (QED) is 0.348. The van der Waals surface area contributed by atoms with Crippen LogP contribution in [0.5, 0.6) is 0 Å². The van der Waals surface area contributed by atoms with Gasteiger partial charge in [-0.1, -0.05) is 84.7 Å². The molecule has 3 aromatic rings. The lowest BCUT2D eigenvalue weighted by Gasteiger charge is -2.32. The molecule has 35 heavy (non-hydrogen) atoms. The van der Waals surface area contributed by atoms with Gasteiger partial charge in [-0.25, -0.2) is 4.39 Å². The van der Waals surface area contributed by atoms with Gasteiger partial charge in [0.15, 0.2) is 0 Å². The van der Waals surface area contributed by atoms with Gasteiger partial charge in [0.1, 0.15) is 11.9 Å². The Hall–Kier alpha value is -2.89. The van der Waals surface area contributed by atoms with Gasteiger partial charge < -0.3 is 10.2 Å². The van der Waals surface area contributed by atoms with Crippen LogP contribution in [0.3, 0.4) is 0 Å². The van der Waals surface area contributed by atoms with E-state index >= 15 is 0 Å². The highest BCUT2D eigenvalue weighted by Gasteiger charge is 2.32. The predicted molar refractivity (Wildman–Crippen MR) is 139 cm³/mol. The molecule has 184 valence electrons. The molecule has 0 aliphatic rings. The summed E-state index contributed by atoms with van der Waals surface area (Å²) in [4.78, 5) is 28.6. The lowest BCUT2D eigenvalue weighted by Crippen LogP contribution is -2.52. The van der Waals surface area contributed by atoms with E-state index in [-0.39, 0.29) is 37.2 Å². The molecule has 4 nitrogen and oxygen atoms in total. The molecule has 3 aromatic carbocycles. The molecule has 7 heteroatoms. The summed E-state index contributed by atoms with van der Waals surface area (Å²) < 4.78 is 14.6. The summed E-state index contributed by atoms with van der Waals surface area (Å²) in [5.74, 6) is -1.11. The van der Waals surface area contributed by atoms with Crippen molar-refractivity contribution in [2.75, 3.05) is 0 Å². The molecule has 0 bridgehead atoms. The average Bonchev–Trinajstić information content (AvgIpc) is 2.85. The first-order valence-corrected chi connectivity index (χ1v) is 12.4. The lowest BCUT2D eigenvalue weighted by atomic mass is 10.0. The molecule has 2 amide bonds. The fourth-order valence-electron chi connectivity index (χ4n) is 3.76. The Balaban J connectivity index is 2.02. The molecule has 0 spiro atoms. The van der Waals surface area contributed by atoms with Crippen LogP contribution >= 0.6 is 23.2 Å². The Morgan fingerprint density at radius 1 is 0.943 bits per heavy atom. The van der Waals surface area contributed by atoms with Crippen molar-refractivity contribution < 1.29 is 14.0 Å². The molecule has 0 aliphatic carbocycles. The standard InChI is InChI=1S/C28H29Cl2FN2O2/c1-3-19(2)32-28(35)26(16-20-10-5-4-6-11-20)33(18-21-12-7-8-15-25(21)31)27(34)17-22-23(29)13-9-14-24(22)30/h4-15,19,26H,3,16-18H2,1-2H3,(H,32,35)/t19-,26-/m1/s1. The van der Waals surface area contributed by atoms with Gasteiger partial charge in [-0.2, -0.15) is 0 Å². The second-order valence-electron chi connectivity index (χ2n) is 8.51. The van der Waals surface area contributed by atoms with Crippen molar-refractivity contribution in [2.45, 2.75) is 51.7 Å². The highest BCUT2D eigenvalue weighted by molar-refractivity contribution is 6.36. The number of amides is 2. The van der Waals surface area contributed by atoms with Crippen LogP contribution in [0.1, 0.15) is 37.0 Å². The third kappa shape index (κ3) is 7.30. The summed E-state index contributed by atoms with van der Waals surface area (Å²) in [6.07, 6.45) is 0.898. The van der Waals surface area contributed by atoms with Gasteiger partial charge in [-0.05, 0) is 42.7 Å². The van der Waals surface area contributed by atoms with Crippen molar-refractivity contribution in [3.8, 4) is 0 Å². The van der Waals surface area contributed by atoms with Crippen LogP contribution in [0.2, 0.25) is 10.0 Å². The minimum absolute atomic E-state index is 0.0704. The second-order valence-corrected chi connectivity index (χ2v) is 9.33. The summed E-state index contributed by atoms with van der Waals surface area (Å²) in [5, 5.41) is 3.72. The summed E-state index contributed by atoms with van der Waals surface area (Å²) in [5.41, 5.74) is 1.68. The molecule has 0 saturated heterocycles. The van der Waals surface area contributed by atoms with E-state index in [1.807, 2.05) is 44.2 Å². The Labute approximate surface area is 216 Å². The fourth-order valence-corrected chi connectivity index (χ4v) is 4.29. The maximum Gasteiger partial charge on any atom is 0.243 e. The van der Waals surface area contributed by atoms with Crippen molar-refractivity contribution >= 4 is 35.0 Å². The van der Waals surface area contributed by atoms with Crippen LogP contribution in [0.25, 0.3) is 0 Å². The summed E-state index contributed by atoms with van der Waals surface area (Å²) in [7, 11) is 0. The molecular formula is C28H29Cl2FN2O2. The molecule has 3 rings (SSSR count). The van der Waals surface area contributed by atoms with E-state index in [2.05, 4.69) is 5.32 Å². The van der Waals surface area contributed by atoms with Crippen LogP contribution in [0.4, 0.5) is 4.39 Å². The van der Waals surface area contributed by atoms with E-state index in [1.54, 1.807) is 36.4 Å². The van der Waals surface area contributed by atoms with Crippen LogP contribution < -0.4 is 5.32 Å². The summed E-state index contributed by atoms with van der Waals surface area (Å²) >= 11 is 12.7. The van der Waals surface area contributed by atoms with E-state index < -0.39 is 11.9 Å². The van der Waals surface area contributed by atoms with Gasteiger partial charge in [-0.15, -0.1) is 0 Å². The summed E-state index contributed by atoms with van der Waals surface area (Å²) in [6.45, 7) is 3.81. The topological polar surface area (TPSA) is 49.4 Å². The zero-order valence-corrected chi connectivity index (χ0v) is 21.3. The first kappa shape index (κ1) is 26.7. The monoisotopic (exact) mass is 514 g/mol. The van der Waals surface area contributed by atoms with Gasteiger partial charge >= 0.3 is 0 Å². The number of halogens is 3. The second kappa shape index (κ2) is 12.7.